The number of fused-ring (bicyclic) bond motifs is 1. The van der Waals surface area contributed by atoms with E-state index in [0.717, 1.165) is 36.3 Å². The fourth-order valence-electron chi connectivity index (χ4n) is 3.32. The van der Waals surface area contributed by atoms with Gasteiger partial charge in [-0.3, -0.25) is 0 Å². The van der Waals surface area contributed by atoms with E-state index in [9.17, 15) is 5.11 Å². The van der Waals surface area contributed by atoms with Crippen molar-refractivity contribution in [1.82, 2.24) is 5.32 Å². The molecular weight excluding hydrogens is 310 g/mol. The number of unbranched alkanes of at least 4 members (excludes halogenated alkanes) is 1. The van der Waals surface area contributed by atoms with E-state index in [4.69, 9.17) is 9.47 Å². The Balaban J connectivity index is 1.91. The van der Waals surface area contributed by atoms with Gasteiger partial charge in [-0.2, -0.15) is 0 Å². The van der Waals surface area contributed by atoms with Crippen molar-refractivity contribution in [3.63, 3.8) is 0 Å². The maximum absolute atomic E-state index is 11.6. The highest BCUT2D eigenvalue weighted by Crippen LogP contribution is 2.39. The molecule has 0 radical (unpaired) electrons. The normalized spacial score (nSPS) is 21.4. The van der Waals surface area contributed by atoms with Crippen LogP contribution in [-0.2, 0) is 15.1 Å². The van der Waals surface area contributed by atoms with Crippen LogP contribution >= 0.6 is 11.3 Å². The van der Waals surface area contributed by atoms with Gasteiger partial charge in [0.05, 0.1) is 6.61 Å². The average Bonchev–Trinajstić information content (AvgIpc) is 3.08. The van der Waals surface area contributed by atoms with Gasteiger partial charge in [0.2, 0.25) is 0 Å². The molecule has 1 aromatic heterocycles. The number of hydrogen-bond donors (Lipinski definition) is 2. The summed E-state index contributed by atoms with van der Waals surface area (Å²) in [6.45, 7) is 2.90. The molecule has 2 aromatic rings. The number of methoxy groups -OCH3 is 1. The number of aliphatic hydroxyl groups is 1. The number of nitrogens with one attached hydrogen (secondary N) is 1. The molecule has 2 N–H and O–H groups in total. The molecule has 1 aliphatic heterocycles. The summed E-state index contributed by atoms with van der Waals surface area (Å²) < 4.78 is 12.2. The maximum Gasteiger partial charge on any atom is 0.118 e. The highest BCUT2D eigenvalue weighted by molar-refractivity contribution is 7.17. The topological polar surface area (TPSA) is 50.7 Å². The molecule has 5 heteroatoms. The van der Waals surface area contributed by atoms with E-state index in [-0.39, 0.29) is 6.10 Å². The Hall–Kier alpha value is -0.980. The fraction of sp³-hybridized carbons (Fsp3) is 0.556. The van der Waals surface area contributed by atoms with E-state index in [2.05, 4.69) is 22.8 Å². The molecule has 126 valence electrons. The second-order valence-electron chi connectivity index (χ2n) is 6.08. The summed E-state index contributed by atoms with van der Waals surface area (Å²) in [4.78, 5) is 0. The Kier molecular flexibility index (Phi) is 5.67. The molecule has 1 aromatic carbocycles. The number of ether oxygens (including phenoxy) is 2. The Labute approximate surface area is 141 Å². The molecule has 0 amide bonds. The van der Waals surface area contributed by atoms with Crippen molar-refractivity contribution in [3.05, 3.63) is 35.2 Å². The third-order valence-corrected chi connectivity index (χ3v) is 5.53. The zero-order chi connectivity index (χ0) is 16.1. The number of benzene rings is 1. The number of thiophene rings is 1. The van der Waals surface area contributed by atoms with Crippen LogP contribution in [0, 0.1) is 0 Å². The second-order valence-corrected chi connectivity index (χ2v) is 7.00. The van der Waals surface area contributed by atoms with Gasteiger partial charge in [-0.1, -0.05) is 18.2 Å². The lowest BCUT2D eigenvalue weighted by molar-refractivity contribution is -0.129. The van der Waals surface area contributed by atoms with Crippen molar-refractivity contribution < 1.29 is 14.6 Å². The SMILES string of the molecule is COCCCCC(O)(c1cccc2ccsc12)[C@H]1CNCCO1. The molecule has 0 bridgehead atoms. The first-order valence-electron chi connectivity index (χ1n) is 8.26. The first-order chi connectivity index (χ1) is 11.3. The molecule has 3 rings (SSSR count). The van der Waals surface area contributed by atoms with E-state index in [1.165, 1.54) is 5.39 Å². The van der Waals surface area contributed by atoms with Gasteiger partial charge in [0.1, 0.15) is 11.7 Å². The molecule has 1 saturated heterocycles. The van der Waals surface area contributed by atoms with Crippen LogP contribution < -0.4 is 5.32 Å². The lowest BCUT2D eigenvalue weighted by atomic mass is 9.82. The number of hydrogen-bond acceptors (Lipinski definition) is 5. The van der Waals surface area contributed by atoms with Crippen molar-refractivity contribution in [3.8, 4) is 0 Å². The third-order valence-electron chi connectivity index (χ3n) is 4.56. The van der Waals surface area contributed by atoms with Gasteiger partial charge in [0, 0.05) is 37.1 Å². The maximum atomic E-state index is 11.6. The van der Waals surface area contributed by atoms with Gasteiger partial charge in [-0.05, 0) is 36.1 Å². The predicted octanol–water partition coefficient (Wildman–Crippen LogP) is 2.89. The summed E-state index contributed by atoms with van der Waals surface area (Å²) in [5, 5.41) is 18.2. The Morgan fingerprint density at radius 2 is 2.30 bits per heavy atom. The Bertz CT molecular complexity index is 624. The zero-order valence-electron chi connectivity index (χ0n) is 13.6. The molecule has 4 nitrogen and oxygen atoms in total. The van der Waals surface area contributed by atoms with Crippen LogP contribution in [0.15, 0.2) is 29.6 Å². The highest BCUT2D eigenvalue weighted by Gasteiger charge is 2.41. The molecule has 0 spiro atoms. The minimum atomic E-state index is -0.967. The zero-order valence-corrected chi connectivity index (χ0v) is 14.4. The van der Waals surface area contributed by atoms with Gasteiger partial charge in [0.25, 0.3) is 0 Å². The standard InChI is InChI=1S/C18H25NO3S/c1-21-10-3-2-8-18(20,16-13-19-9-11-22-16)15-6-4-5-14-7-12-23-17(14)15/h4-7,12,16,19-20H,2-3,8-11,13H2,1H3/t16-,18?/m1/s1. The van der Waals surface area contributed by atoms with Crippen molar-refractivity contribution in [2.75, 3.05) is 33.4 Å². The van der Waals surface area contributed by atoms with E-state index in [0.29, 0.717) is 19.6 Å². The fourth-order valence-corrected chi connectivity index (χ4v) is 4.31. The molecule has 23 heavy (non-hydrogen) atoms. The van der Waals surface area contributed by atoms with Crippen LogP contribution in [0.1, 0.15) is 24.8 Å². The van der Waals surface area contributed by atoms with E-state index >= 15 is 0 Å². The van der Waals surface area contributed by atoms with E-state index in [1.54, 1.807) is 18.4 Å². The minimum Gasteiger partial charge on any atom is -0.385 e. The van der Waals surface area contributed by atoms with Crippen molar-refractivity contribution >= 4 is 21.4 Å². The summed E-state index contributed by atoms with van der Waals surface area (Å²) >= 11 is 1.69. The van der Waals surface area contributed by atoms with Gasteiger partial charge in [-0.15, -0.1) is 11.3 Å². The first-order valence-corrected chi connectivity index (χ1v) is 9.14. The molecule has 1 fully saturated rings. The summed E-state index contributed by atoms with van der Waals surface area (Å²) in [6.07, 6.45) is 2.32. The van der Waals surface area contributed by atoms with Crippen LogP contribution in [-0.4, -0.2) is 44.6 Å². The molecular formula is C18H25NO3S. The lowest BCUT2D eigenvalue weighted by Gasteiger charge is -2.39. The first kappa shape index (κ1) is 16.9. The smallest absolute Gasteiger partial charge is 0.118 e. The van der Waals surface area contributed by atoms with E-state index in [1.807, 2.05) is 12.1 Å². The van der Waals surface area contributed by atoms with Crippen molar-refractivity contribution in [2.45, 2.75) is 31.0 Å². The molecule has 0 saturated carbocycles. The quantitative estimate of drug-likeness (QED) is 0.764. The van der Waals surface area contributed by atoms with Crippen LogP contribution in [0.25, 0.3) is 10.1 Å². The largest absolute Gasteiger partial charge is 0.385 e. The predicted molar refractivity (Wildman–Crippen MR) is 94.1 cm³/mol. The van der Waals surface area contributed by atoms with Gasteiger partial charge < -0.3 is 19.9 Å². The lowest BCUT2D eigenvalue weighted by Crippen LogP contribution is -2.51. The minimum absolute atomic E-state index is 0.216. The van der Waals surface area contributed by atoms with Crippen LogP contribution in [0.2, 0.25) is 0 Å². The summed E-state index contributed by atoms with van der Waals surface area (Å²) in [5.74, 6) is 0. The monoisotopic (exact) mass is 335 g/mol. The Morgan fingerprint density at radius 1 is 1.39 bits per heavy atom. The van der Waals surface area contributed by atoms with Crippen LogP contribution in [0.3, 0.4) is 0 Å². The van der Waals surface area contributed by atoms with Crippen LogP contribution in [0.4, 0.5) is 0 Å². The van der Waals surface area contributed by atoms with Gasteiger partial charge in [0.15, 0.2) is 0 Å². The number of morpholine rings is 1. The van der Waals surface area contributed by atoms with Crippen molar-refractivity contribution in [1.29, 1.82) is 0 Å². The second kappa shape index (κ2) is 7.73. The summed E-state index contributed by atoms with van der Waals surface area (Å²) in [5.41, 5.74) is 0.0297. The summed E-state index contributed by atoms with van der Waals surface area (Å²) in [6, 6.07) is 8.28. The van der Waals surface area contributed by atoms with Crippen molar-refractivity contribution in [2.24, 2.45) is 0 Å². The van der Waals surface area contributed by atoms with Crippen LogP contribution in [0.5, 0.6) is 0 Å². The molecule has 2 atom stereocenters. The van der Waals surface area contributed by atoms with Gasteiger partial charge >= 0.3 is 0 Å². The highest BCUT2D eigenvalue weighted by atomic mass is 32.1. The third kappa shape index (κ3) is 3.59. The summed E-state index contributed by atoms with van der Waals surface area (Å²) in [7, 11) is 1.72. The molecule has 1 aliphatic rings. The number of rotatable bonds is 7. The Morgan fingerprint density at radius 3 is 3.09 bits per heavy atom. The molecule has 2 heterocycles. The van der Waals surface area contributed by atoms with Gasteiger partial charge in [-0.25, -0.2) is 0 Å². The van der Waals surface area contributed by atoms with E-state index < -0.39 is 5.60 Å². The molecule has 1 unspecified atom stereocenters. The molecule has 0 aliphatic carbocycles. The average molecular weight is 335 g/mol.